The van der Waals surface area contributed by atoms with E-state index in [1.807, 2.05) is 0 Å². The molecule has 0 spiro atoms. The van der Waals surface area contributed by atoms with E-state index in [9.17, 15) is 8.42 Å². The highest BCUT2D eigenvalue weighted by atomic mass is 32.2. The average Bonchev–Trinajstić information content (AvgIpc) is 2.54. The van der Waals surface area contributed by atoms with Crippen LogP contribution in [0.1, 0.15) is 11.4 Å². The molecule has 0 aromatic carbocycles. The fourth-order valence-electron chi connectivity index (χ4n) is 1.66. The van der Waals surface area contributed by atoms with Crippen LogP contribution in [0.3, 0.4) is 0 Å². The van der Waals surface area contributed by atoms with Gasteiger partial charge in [-0.3, -0.25) is 4.98 Å². The third-order valence-corrected chi connectivity index (χ3v) is 3.44. The molecule has 0 aliphatic heterocycles. The number of rotatable bonds is 2. The minimum atomic E-state index is -3.78. The maximum Gasteiger partial charge on any atom is 0.241 e. The summed E-state index contributed by atoms with van der Waals surface area (Å²) in [6, 6.07) is 0. The first-order chi connectivity index (χ1) is 7.91. The van der Waals surface area contributed by atoms with Crippen molar-refractivity contribution >= 4 is 10.0 Å². The van der Waals surface area contributed by atoms with Gasteiger partial charge >= 0.3 is 0 Å². The lowest BCUT2D eigenvalue weighted by Gasteiger charge is -2.02. The largest absolute Gasteiger partial charge is 0.259 e. The van der Waals surface area contributed by atoms with Gasteiger partial charge in [0, 0.05) is 12.4 Å². The Morgan fingerprint density at radius 3 is 2.47 bits per heavy atom. The quantitative estimate of drug-likeness (QED) is 0.806. The summed E-state index contributed by atoms with van der Waals surface area (Å²) in [5, 5.41) is 9.23. The van der Waals surface area contributed by atoms with Gasteiger partial charge in [-0.1, -0.05) is 0 Å². The molecule has 0 fully saturated rings. The van der Waals surface area contributed by atoms with Crippen LogP contribution >= 0.6 is 0 Å². The van der Waals surface area contributed by atoms with E-state index < -0.39 is 10.0 Å². The average molecular weight is 253 g/mol. The van der Waals surface area contributed by atoms with Crippen LogP contribution in [0, 0.1) is 13.8 Å². The molecule has 2 aromatic rings. The summed E-state index contributed by atoms with van der Waals surface area (Å²) in [5.74, 6) is 0.447. The molecule has 8 heteroatoms. The second kappa shape index (κ2) is 3.90. The van der Waals surface area contributed by atoms with Crippen molar-refractivity contribution in [1.29, 1.82) is 0 Å². The Morgan fingerprint density at radius 1 is 1.29 bits per heavy atom. The standard InChI is InChI=1S/C9H11N5O2S/c1-6-9(17(10,15)16)7(2)14(13-6)8-5-11-3-4-12-8/h3-5H,1-2H3,(H2,10,15,16). The lowest BCUT2D eigenvalue weighted by Crippen LogP contribution is -2.14. The maximum atomic E-state index is 11.4. The van der Waals surface area contributed by atoms with Gasteiger partial charge in [-0.05, 0) is 13.8 Å². The Morgan fingerprint density at radius 2 is 2.00 bits per heavy atom. The van der Waals surface area contributed by atoms with Crippen molar-refractivity contribution in [3.05, 3.63) is 30.0 Å². The van der Waals surface area contributed by atoms with Crippen LogP contribution in [-0.2, 0) is 10.0 Å². The molecule has 0 aliphatic rings. The van der Waals surface area contributed by atoms with Gasteiger partial charge in [0.15, 0.2) is 5.82 Å². The van der Waals surface area contributed by atoms with Crippen LogP contribution in [-0.4, -0.2) is 28.2 Å². The molecule has 0 aliphatic carbocycles. The molecule has 2 aromatic heterocycles. The molecular formula is C9H11N5O2S. The van der Waals surface area contributed by atoms with E-state index in [4.69, 9.17) is 5.14 Å². The highest BCUT2D eigenvalue weighted by Crippen LogP contribution is 2.19. The van der Waals surface area contributed by atoms with Crippen molar-refractivity contribution in [2.24, 2.45) is 5.14 Å². The van der Waals surface area contributed by atoms with Crippen molar-refractivity contribution in [3.8, 4) is 5.82 Å². The van der Waals surface area contributed by atoms with Crippen molar-refractivity contribution < 1.29 is 8.42 Å². The Balaban J connectivity index is 2.69. The number of sulfonamides is 1. The van der Waals surface area contributed by atoms with Crippen LogP contribution in [0.15, 0.2) is 23.5 Å². The monoisotopic (exact) mass is 253 g/mol. The van der Waals surface area contributed by atoms with E-state index >= 15 is 0 Å². The third-order valence-electron chi connectivity index (χ3n) is 2.28. The predicted molar refractivity (Wildman–Crippen MR) is 60.0 cm³/mol. The molecule has 2 heterocycles. The second-order valence-corrected chi connectivity index (χ2v) is 5.02. The van der Waals surface area contributed by atoms with Gasteiger partial charge in [0.1, 0.15) is 4.90 Å². The van der Waals surface area contributed by atoms with Gasteiger partial charge < -0.3 is 0 Å². The number of nitrogens with zero attached hydrogens (tertiary/aromatic N) is 4. The van der Waals surface area contributed by atoms with Gasteiger partial charge in [-0.15, -0.1) is 0 Å². The van der Waals surface area contributed by atoms with E-state index in [0.29, 0.717) is 17.2 Å². The normalized spacial score (nSPS) is 11.7. The molecule has 2 N–H and O–H groups in total. The number of primary sulfonamides is 1. The summed E-state index contributed by atoms with van der Waals surface area (Å²) in [7, 11) is -3.78. The lowest BCUT2D eigenvalue weighted by atomic mass is 10.4. The summed E-state index contributed by atoms with van der Waals surface area (Å²) in [4.78, 5) is 7.98. The number of aryl methyl sites for hydroxylation is 1. The first kappa shape index (κ1) is 11.7. The van der Waals surface area contributed by atoms with E-state index in [1.54, 1.807) is 13.8 Å². The molecule has 0 bridgehead atoms. The second-order valence-electron chi connectivity index (χ2n) is 3.52. The van der Waals surface area contributed by atoms with Crippen LogP contribution in [0.4, 0.5) is 0 Å². The molecule has 2 rings (SSSR count). The van der Waals surface area contributed by atoms with Crippen LogP contribution in [0.2, 0.25) is 0 Å². The Labute approximate surface area is 98.4 Å². The minimum absolute atomic E-state index is 0.0307. The Bertz CT molecular complexity index is 648. The number of aromatic nitrogens is 4. The van der Waals surface area contributed by atoms with Crippen LogP contribution in [0.5, 0.6) is 0 Å². The highest BCUT2D eigenvalue weighted by molar-refractivity contribution is 7.89. The molecule has 0 saturated heterocycles. The zero-order valence-corrected chi connectivity index (χ0v) is 10.1. The third kappa shape index (κ3) is 2.04. The first-order valence-electron chi connectivity index (χ1n) is 4.76. The minimum Gasteiger partial charge on any atom is -0.259 e. The number of hydrogen-bond donors (Lipinski definition) is 1. The summed E-state index contributed by atoms with van der Waals surface area (Å²) < 4.78 is 24.2. The molecule has 0 unspecified atom stereocenters. The number of nitrogens with two attached hydrogens (primary N) is 1. The number of hydrogen-bond acceptors (Lipinski definition) is 5. The van der Waals surface area contributed by atoms with Gasteiger partial charge in [-0.25, -0.2) is 23.2 Å². The van der Waals surface area contributed by atoms with Crippen molar-refractivity contribution in [2.75, 3.05) is 0 Å². The van der Waals surface area contributed by atoms with Crippen LogP contribution < -0.4 is 5.14 Å². The topological polar surface area (TPSA) is 104 Å². The van der Waals surface area contributed by atoms with Crippen molar-refractivity contribution in [2.45, 2.75) is 18.7 Å². The first-order valence-corrected chi connectivity index (χ1v) is 6.31. The Hall–Kier alpha value is -1.80. The fraction of sp³-hybridized carbons (Fsp3) is 0.222. The maximum absolute atomic E-state index is 11.4. The Kier molecular flexibility index (Phi) is 2.68. The smallest absolute Gasteiger partial charge is 0.241 e. The van der Waals surface area contributed by atoms with Gasteiger partial charge in [-0.2, -0.15) is 5.10 Å². The predicted octanol–water partition coefficient (Wildman–Crippen LogP) is -0.0735. The molecule has 90 valence electrons. The highest BCUT2D eigenvalue weighted by Gasteiger charge is 2.21. The van der Waals surface area contributed by atoms with Crippen LogP contribution in [0.25, 0.3) is 5.82 Å². The van der Waals surface area contributed by atoms with Crippen molar-refractivity contribution in [1.82, 2.24) is 19.7 Å². The molecule has 17 heavy (non-hydrogen) atoms. The molecule has 0 amide bonds. The van der Waals surface area contributed by atoms with Gasteiger partial charge in [0.05, 0.1) is 17.6 Å². The molecule has 7 nitrogen and oxygen atoms in total. The molecular weight excluding hydrogens is 242 g/mol. The van der Waals surface area contributed by atoms with Gasteiger partial charge in [0.25, 0.3) is 0 Å². The summed E-state index contributed by atoms with van der Waals surface area (Å²) >= 11 is 0. The SMILES string of the molecule is Cc1nn(-c2cnccn2)c(C)c1S(N)(=O)=O. The van der Waals surface area contributed by atoms with E-state index in [1.165, 1.54) is 23.3 Å². The van der Waals surface area contributed by atoms with E-state index in [0.717, 1.165) is 0 Å². The molecule has 0 saturated carbocycles. The van der Waals surface area contributed by atoms with Gasteiger partial charge in [0.2, 0.25) is 10.0 Å². The summed E-state index contributed by atoms with van der Waals surface area (Å²) in [6.07, 6.45) is 4.52. The summed E-state index contributed by atoms with van der Waals surface area (Å²) in [5.41, 5.74) is 0.765. The lowest BCUT2D eigenvalue weighted by molar-refractivity contribution is 0.596. The fourth-order valence-corrected chi connectivity index (χ4v) is 2.61. The van der Waals surface area contributed by atoms with Crippen molar-refractivity contribution in [3.63, 3.8) is 0 Å². The molecule has 0 atom stereocenters. The zero-order valence-electron chi connectivity index (χ0n) is 9.32. The van der Waals surface area contributed by atoms with E-state index in [2.05, 4.69) is 15.1 Å². The van der Waals surface area contributed by atoms with E-state index in [-0.39, 0.29) is 4.90 Å². The summed E-state index contributed by atoms with van der Waals surface area (Å²) in [6.45, 7) is 3.20. The zero-order chi connectivity index (χ0) is 12.6. The molecule has 0 radical (unpaired) electrons.